The molecule has 2 aliphatic heterocycles. The van der Waals surface area contributed by atoms with Crippen LogP contribution in [-0.2, 0) is 31.1 Å². The molecule has 2 unspecified atom stereocenters. The molecule has 3 fully saturated rings. The average molecular weight is 664 g/mol. The Labute approximate surface area is 261 Å². The molecule has 1 spiro atoms. The summed E-state index contributed by atoms with van der Waals surface area (Å²) >= 11 is 0. The van der Waals surface area contributed by atoms with Gasteiger partial charge in [0, 0.05) is 43.8 Å². The lowest BCUT2D eigenvalue weighted by atomic mass is 9.88. The number of sulfone groups is 1. The molecule has 1 saturated carbocycles. The van der Waals surface area contributed by atoms with Crippen molar-refractivity contribution in [3.63, 3.8) is 0 Å². The van der Waals surface area contributed by atoms with E-state index >= 15 is 0 Å². The minimum atomic E-state index is -4.09. The molecule has 1 aromatic heterocycles. The van der Waals surface area contributed by atoms with Crippen LogP contribution in [-0.4, -0.2) is 86.7 Å². The first-order chi connectivity index (χ1) is 21.4. The highest BCUT2D eigenvalue weighted by Crippen LogP contribution is 2.37. The number of piperidine rings is 1. The average Bonchev–Trinajstić information content (AvgIpc) is 3.82. The fraction of sp³-hybridized carbons (Fsp3) is 0.516. The van der Waals surface area contributed by atoms with Gasteiger partial charge in [-0.2, -0.15) is 4.31 Å². The first-order valence-electron chi connectivity index (χ1n) is 15.3. The van der Waals surface area contributed by atoms with Crippen LogP contribution in [0.3, 0.4) is 0 Å². The largest absolute Gasteiger partial charge is 0.491 e. The van der Waals surface area contributed by atoms with E-state index in [1.54, 1.807) is 29.7 Å². The second-order valence-corrected chi connectivity index (χ2v) is 16.3. The lowest BCUT2D eigenvalue weighted by molar-refractivity contribution is -0.0312. The number of benzene rings is 2. The number of aromatic nitrogens is 1. The van der Waals surface area contributed by atoms with E-state index in [4.69, 9.17) is 9.47 Å². The molecular formula is C31H38FN3O8S2. The predicted molar refractivity (Wildman–Crippen MR) is 165 cm³/mol. The Kier molecular flexibility index (Phi) is 8.82. The van der Waals surface area contributed by atoms with Crippen molar-refractivity contribution in [2.45, 2.75) is 78.4 Å². The van der Waals surface area contributed by atoms with E-state index in [1.165, 1.54) is 28.7 Å². The highest BCUT2D eigenvalue weighted by Gasteiger charge is 2.45. The summed E-state index contributed by atoms with van der Waals surface area (Å²) in [5.41, 5.74) is -0.805. The minimum absolute atomic E-state index is 0.0189. The lowest BCUT2D eigenvalue weighted by Crippen LogP contribution is -2.47. The Morgan fingerprint density at radius 1 is 1.13 bits per heavy atom. The van der Waals surface area contributed by atoms with Crippen molar-refractivity contribution in [3.05, 3.63) is 64.7 Å². The van der Waals surface area contributed by atoms with Gasteiger partial charge in [0.1, 0.15) is 29.2 Å². The van der Waals surface area contributed by atoms with Gasteiger partial charge in [-0.25, -0.2) is 21.2 Å². The van der Waals surface area contributed by atoms with Crippen molar-refractivity contribution in [1.82, 2.24) is 14.2 Å². The molecule has 14 heteroatoms. The van der Waals surface area contributed by atoms with Gasteiger partial charge in [-0.3, -0.25) is 4.79 Å². The standard InChI is InChI=1S/C31H38FN3O8S2/c1-2-34-18-29(30(37)27-9-6-21(32)14-28(27)34)45(40,41)35-12-10-31(11-13-35)16-22(19-43-31)33-17-23(36)20-42-24-4-3-5-26(15-24)44(38,39)25-7-8-25/h3-6,9,14-15,18,22-23,25,33,36H,2,7-8,10-13,16-17,19-20H2,1H3. The smallest absolute Gasteiger partial charge is 0.248 e. The zero-order valence-electron chi connectivity index (χ0n) is 25.0. The highest BCUT2D eigenvalue weighted by atomic mass is 32.2. The van der Waals surface area contributed by atoms with Gasteiger partial charge in [0.15, 0.2) is 9.84 Å². The van der Waals surface area contributed by atoms with Crippen molar-refractivity contribution in [3.8, 4) is 5.75 Å². The van der Waals surface area contributed by atoms with Crippen molar-refractivity contribution in [1.29, 1.82) is 0 Å². The number of halogens is 1. The van der Waals surface area contributed by atoms with Crippen molar-refractivity contribution < 1.29 is 35.8 Å². The third kappa shape index (κ3) is 6.54. The number of hydrogen-bond acceptors (Lipinski definition) is 9. The van der Waals surface area contributed by atoms with E-state index in [2.05, 4.69) is 5.32 Å². The first-order valence-corrected chi connectivity index (χ1v) is 18.3. The molecule has 2 N–H and O–H groups in total. The van der Waals surface area contributed by atoms with Crippen LogP contribution >= 0.6 is 0 Å². The summed E-state index contributed by atoms with van der Waals surface area (Å²) in [7, 11) is -7.43. The zero-order chi connectivity index (χ0) is 32.0. The summed E-state index contributed by atoms with van der Waals surface area (Å²) in [6, 6.07) is 10.0. The van der Waals surface area contributed by atoms with Crippen LogP contribution in [0.1, 0.15) is 39.0 Å². The number of aliphatic hydroxyl groups excluding tert-OH is 1. The van der Waals surface area contributed by atoms with E-state index in [0.29, 0.717) is 56.5 Å². The topological polar surface area (TPSA) is 144 Å². The van der Waals surface area contributed by atoms with Gasteiger partial charge in [0.25, 0.3) is 0 Å². The van der Waals surface area contributed by atoms with Gasteiger partial charge in [-0.1, -0.05) is 6.07 Å². The van der Waals surface area contributed by atoms with Gasteiger partial charge >= 0.3 is 0 Å². The summed E-state index contributed by atoms with van der Waals surface area (Å²) in [5, 5.41) is 13.7. The molecule has 2 saturated heterocycles. The third-order valence-electron chi connectivity index (χ3n) is 8.99. The number of nitrogens with one attached hydrogen (secondary N) is 1. The molecule has 2 atom stereocenters. The molecule has 244 valence electrons. The summed E-state index contributed by atoms with van der Waals surface area (Å²) < 4.78 is 80.8. The summed E-state index contributed by atoms with van der Waals surface area (Å²) in [6.07, 6.45) is 3.37. The van der Waals surface area contributed by atoms with Crippen molar-refractivity contribution >= 4 is 30.8 Å². The van der Waals surface area contributed by atoms with Gasteiger partial charge < -0.3 is 24.5 Å². The van der Waals surface area contributed by atoms with Crippen LogP contribution in [0.4, 0.5) is 4.39 Å². The Morgan fingerprint density at radius 3 is 2.60 bits per heavy atom. The van der Waals surface area contributed by atoms with Crippen LogP contribution in [0.5, 0.6) is 5.75 Å². The zero-order valence-corrected chi connectivity index (χ0v) is 26.7. The molecule has 2 aromatic carbocycles. The van der Waals surface area contributed by atoms with Crippen molar-refractivity contribution in [2.24, 2.45) is 0 Å². The fourth-order valence-electron chi connectivity index (χ4n) is 6.25. The summed E-state index contributed by atoms with van der Waals surface area (Å²) in [6.45, 7) is 3.17. The molecule has 0 bridgehead atoms. The number of pyridine rings is 1. The van der Waals surface area contributed by atoms with Gasteiger partial charge in [0.2, 0.25) is 15.5 Å². The minimum Gasteiger partial charge on any atom is -0.491 e. The SMILES string of the molecule is CCn1cc(S(=O)(=O)N2CCC3(CC2)CC(NCC(O)COc2cccc(S(=O)(=O)C4CC4)c2)CO3)c(=O)c2ccc(F)cc21. The highest BCUT2D eigenvalue weighted by molar-refractivity contribution is 7.92. The maximum absolute atomic E-state index is 13.8. The predicted octanol–water partition coefficient (Wildman–Crippen LogP) is 2.44. The van der Waals surface area contributed by atoms with Crippen molar-refractivity contribution in [2.75, 3.05) is 32.8 Å². The maximum atomic E-state index is 13.8. The van der Waals surface area contributed by atoms with E-state index in [0.717, 1.165) is 6.07 Å². The lowest BCUT2D eigenvalue weighted by Gasteiger charge is -2.38. The number of sulfonamides is 1. The Morgan fingerprint density at radius 2 is 1.89 bits per heavy atom. The van der Waals surface area contributed by atoms with E-state index in [-0.39, 0.29) is 52.7 Å². The fourth-order valence-corrected chi connectivity index (χ4v) is 9.48. The molecule has 1 aliphatic carbocycles. The molecular weight excluding hydrogens is 625 g/mol. The molecule has 3 aliphatic rings. The number of aryl methyl sites for hydroxylation is 1. The normalized spacial score (nSPS) is 21.4. The van der Waals surface area contributed by atoms with Crippen LogP contribution < -0.4 is 15.5 Å². The number of hydrogen-bond donors (Lipinski definition) is 2. The molecule has 0 radical (unpaired) electrons. The second-order valence-electron chi connectivity index (χ2n) is 12.2. The quantitative estimate of drug-likeness (QED) is 0.316. The van der Waals surface area contributed by atoms with Crippen LogP contribution in [0.25, 0.3) is 10.9 Å². The molecule has 6 rings (SSSR count). The summed E-state index contributed by atoms with van der Waals surface area (Å²) in [5.74, 6) is -0.121. The Hall–Kier alpha value is -2.88. The van der Waals surface area contributed by atoms with Crippen LogP contribution in [0.2, 0.25) is 0 Å². The van der Waals surface area contributed by atoms with Gasteiger partial charge in [-0.05, 0) is 75.4 Å². The number of rotatable bonds is 11. The van der Waals surface area contributed by atoms with Crippen LogP contribution in [0.15, 0.2) is 63.2 Å². The Balaban J connectivity index is 1.01. The van der Waals surface area contributed by atoms with E-state index < -0.39 is 42.8 Å². The molecule has 0 amide bonds. The van der Waals surface area contributed by atoms with E-state index in [1.807, 2.05) is 0 Å². The number of nitrogens with zero attached hydrogens (tertiary/aromatic N) is 2. The molecule has 3 aromatic rings. The number of ether oxygens (including phenoxy) is 2. The number of fused-ring (bicyclic) bond motifs is 1. The van der Waals surface area contributed by atoms with E-state index in [9.17, 15) is 31.1 Å². The molecule has 3 heterocycles. The maximum Gasteiger partial charge on any atom is 0.248 e. The van der Waals surface area contributed by atoms with Gasteiger partial charge in [-0.15, -0.1) is 0 Å². The first kappa shape index (κ1) is 32.1. The number of aliphatic hydroxyl groups is 1. The molecule has 45 heavy (non-hydrogen) atoms. The second kappa shape index (κ2) is 12.4. The van der Waals surface area contributed by atoms with Gasteiger partial charge in [0.05, 0.1) is 27.9 Å². The van der Waals surface area contributed by atoms with Crippen LogP contribution in [0, 0.1) is 5.82 Å². The molecule has 11 nitrogen and oxygen atoms in total. The third-order valence-corrected chi connectivity index (χ3v) is 13.1. The monoisotopic (exact) mass is 663 g/mol. The Bertz CT molecular complexity index is 1850. The summed E-state index contributed by atoms with van der Waals surface area (Å²) in [4.78, 5) is 13.1.